The standard InChI is InChI=1S/C14H26O4S2/c1-5-13(16,11(4)12(15)18-7-3)14(6-2)19-9-8-10-20(14)17/h11,16H,5-10H2,1-4H3/t11-,13-,14-,20-/m1/s1. The van der Waals surface area contributed by atoms with Crippen molar-refractivity contribution in [2.75, 3.05) is 18.1 Å². The van der Waals surface area contributed by atoms with E-state index in [1.54, 1.807) is 25.6 Å². The fourth-order valence-corrected chi connectivity index (χ4v) is 7.29. The van der Waals surface area contributed by atoms with Gasteiger partial charge in [-0.25, -0.2) is 0 Å². The van der Waals surface area contributed by atoms with Crippen molar-refractivity contribution in [3.8, 4) is 0 Å². The molecule has 0 aliphatic carbocycles. The van der Waals surface area contributed by atoms with Crippen LogP contribution in [0.25, 0.3) is 0 Å². The maximum absolute atomic E-state index is 12.6. The summed E-state index contributed by atoms with van der Waals surface area (Å²) in [6, 6.07) is 0. The van der Waals surface area contributed by atoms with E-state index in [4.69, 9.17) is 4.74 Å². The zero-order valence-electron chi connectivity index (χ0n) is 12.8. The zero-order chi connectivity index (χ0) is 15.4. The molecule has 118 valence electrons. The molecule has 1 fully saturated rings. The fourth-order valence-electron chi connectivity index (χ4n) is 2.92. The van der Waals surface area contributed by atoms with E-state index in [0.29, 0.717) is 25.2 Å². The molecule has 0 aromatic heterocycles. The third-order valence-corrected chi connectivity index (χ3v) is 8.75. The Hall–Kier alpha value is -0.0700. The Morgan fingerprint density at radius 3 is 2.60 bits per heavy atom. The monoisotopic (exact) mass is 322 g/mol. The number of hydrogen-bond donors (Lipinski definition) is 1. The number of hydrogen-bond acceptors (Lipinski definition) is 5. The van der Waals surface area contributed by atoms with Gasteiger partial charge in [0.15, 0.2) is 0 Å². The lowest BCUT2D eigenvalue weighted by molar-refractivity contribution is -0.158. The quantitative estimate of drug-likeness (QED) is 0.760. The smallest absolute Gasteiger partial charge is 0.311 e. The summed E-state index contributed by atoms with van der Waals surface area (Å²) in [4.78, 5) is 12.1. The molecule has 0 radical (unpaired) electrons. The molecule has 1 aliphatic rings. The highest BCUT2D eigenvalue weighted by Crippen LogP contribution is 2.50. The van der Waals surface area contributed by atoms with Gasteiger partial charge >= 0.3 is 5.97 Å². The number of carbonyl (C=O) groups excluding carboxylic acids is 1. The van der Waals surface area contributed by atoms with Gasteiger partial charge in [0.1, 0.15) is 9.68 Å². The number of carbonyl (C=O) groups is 1. The second-order valence-corrected chi connectivity index (χ2v) is 8.56. The minimum atomic E-state index is -1.30. The largest absolute Gasteiger partial charge is 0.466 e. The van der Waals surface area contributed by atoms with E-state index < -0.39 is 32.4 Å². The van der Waals surface area contributed by atoms with Gasteiger partial charge in [-0.05, 0) is 38.9 Å². The van der Waals surface area contributed by atoms with Crippen LogP contribution in [0.5, 0.6) is 0 Å². The van der Waals surface area contributed by atoms with Gasteiger partial charge in [0.2, 0.25) is 0 Å². The SMILES string of the molecule is CCOC(=O)[C@@H](C)[C@](O)(CC)[C@]1(CC)SCCC[S@]1=O. The van der Waals surface area contributed by atoms with Crippen LogP contribution in [0.3, 0.4) is 0 Å². The van der Waals surface area contributed by atoms with Crippen molar-refractivity contribution in [2.45, 2.75) is 56.6 Å². The summed E-state index contributed by atoms with van der Waals surface area (Å²) in [5, 5.41) is 11.2. The van der Waals surface area contributed by atoms with Gasteiger partial charge in [-0.3, -0.25) is 9.00 Å². The highest BCUT2D eigenvalue weighted by Gasteiger charge is 2.58. The maximum Gasteiger partial charge on any atom is 0.311 e. The van der Waals surface area contributed by atoms with Crippen LogP contribution in [0.15, 0.2) is 0 Å². The molecular weight excluding hydrogens is 296 g/mol. The van der Waals surface area contributed by atoms with E-state index in [1.165, 1.54) is 0 Å². The van der Waals surface area contributed by atoms with E-state index in [-0.39, 0.29) is 0 Å². The number of ether oxygens (including phenoxy) is 1. The topological polar surface area (TPSA) is 63.6 Å². The summed E-state index contributed by atoms with van der Waals surface area (Å²) in [5.74, 6) is 0.380. The van der Waals surface area contributed by atoms with Crippen molar-refractivity contribution in [3.63, 3.8) is 0 Å². The summed E-state index contributed by atoms with van der Waals surface area (Å²) in [7, 11) is -1.14. The molecular formula is C14H26O4S2. The van der Waals surface area contributed by atoms with Crippen molar-refractivity contribution < 1.29 is 18.8 Å². The molecule has 4 atom stereocenters. The molecule has 1 N–H and O–H groups in total. The third-order valence-electron chi connectivity index (χ3n) is 4.20. The molecule has 0 amide bonds. The molecule has 0 unspecified atom stereocenters. The lowest BCUT2D eigenvalue weighted by atomic mass is 9.81. The fraction of sp³-hybridized carbons (Fsp3) is 0.929. The van der Waals surface area contributed by atoms with Gasteiger partial charge in [0.05, 0.1) is 12.5 Å². The summed E-state index contributed by atoms with van der Waals surface area (Å²) >= 11 is 1.56. The molecule has 6 heteroatoms. The number of aliphatic hydroxyl groups is 1. The second-order valence-electron chi connectivity index (χ2n) is 5.11. The predicted octanol–water partition coefficient (Wildman–Crippen LogP) is 2.32. The van der Waals surface area contributed by atoms with Crippen LogP contribution in [0, 0.1) is 5.92 Å². The van der Waals surface area contributed by atoms with Crippen LogP contribution in [0.4, 0.5) is 0 Å². The molecule has 1 aliphatic heterocycles. The lowest BCUT2D eigenvalue weighted by Gasteiger charge is -2.49. The Morgan fingerprint density at radius 1 is 1.50 bits per heavy atom. The molecule has 0 aromatic rings. The Balaban J connectivity index is 3.17. The minimum Gasteiger partial charge on any atom is -0.466 e. The van der Waals surface area contributed by atoms with E-state index in [0.717, 1.165) is 12.2 Å². The average Bonchev–Trinajstić information content (AvgIpc) is 2.46. The molecule has 1 rings (SSSR count). The first-order valence-electron chi connectivity index (χ1n) is 7.31. The van der Waals surface area contributed by atoms with Crippen LogP contribution in [-0.2, 0) is 20.3 Å². The summed E-state index contributed by atoms with van der Waals surface area (Å²) in [6.45, 7) is 7.51. The van der Waals surface area contributed by atoms with Crippen molar-refractivity contribution in [1.29, 1.82) is 0 Å². The first-order valence-corrected chi connectivity index (χ1v) is 9.61. The highest BCUT2D eigenvalue weighted by molar-refractivity contribution is 8.13. The number of esters is 1. The van der Waals surface area contributed by atoms with Crippen molar-refractivity contribution in [1.82, 2.24) is 0 Å². The zero-order valence-corrected chi connectivity index (χ0v) is 14.4. The van der Waals surface area contributed by atoms with Gasteiger partial charge < -0.3 is 9.84 Å². The predicted molar refractivity (Wildman–Crippen MR) is 84.1 cm³/mol. The van der Waals surface area contributed by atoms with E-state index in [2.05, 4.69) is 0 Å². The van der Waals surface area contributed by atoms with Crippen molar-refractivity contribution in [2.24, 2.45) is 5.92 Å². The Bertz CT molecular complexity index is 374. The van der Waals surface area contributed by atoms with Crippen molar-refractivity contribution in [3.05, 3.63) is 0 Å². The number of rotatable bonds is 6. The Labute approximate surface area is 128 Å². The van der Waals surface area contributed by atoms with Crippen LogP contribution in [0.2, 0.25) is 0 Å². The molecule has 20 heavy (non-hydrogen) atoms. The summed E-state index contributed by atoms with van der Waals surface area (Å²) in [5.41, 5.74) is -1.30. The minimum absolute atomic E-state index is 0.290. The molecule has 0 spiro atoms. The Kier molecular flexibility index (Phi) is 6.54. The molecule has 4 nitrogen and oxygen atoms in total. The average molecular weight is 322 g/mol. The van der Waals surface area contributed by atoms with Gasteiger partial charge in [-0.15, -0.1) is 11.8 Å². The second kappa shape index (κ2) is 7.27. The van der Waals surface area contributed by atoms with E-state index >= 15 is 0 Å². The summed E-state index contributed by atoms with van der Waals surface area (Å²) < 4.78 is 16.9. The summed E-state index contributed by atoms with van der Waals surface area (Å²) in [6.07, 6.45) is 1.87. The van der Waals surface area contributed by atoms with Crippen LogP contribution < -0.4 is 0 Å². The van der Waals surface area contributed by atoms with E-state index in [9.17, 15) is 14.1 Å². The molecule has 0 saturated carbocycles. The van der Waals surface area contributed by atoms with E-state index in [1.807, 2.05) is 13.8 Å². The number of thioether (sulfide) groups is 1. The molecule has 1 heterocycles. The lowest BCUT2D eigenvalue weighted by Crippen LogP contribution is -2.61. The van der Waals surface area contributed by atoms with Crippen LogP contribution in [-0.4, -0.2) is 43.1 Å². The first kappa shape index (κ1) is 18.0. The van der Waals surface area contributed by atoms with Crippen LogP contribution in [0.1, 0.15) is 47.0 Å². The van der Waals surface area contributed by atoms with Crippen molar-refractivity contribution >= 4 is 28.5 Å². The normalized spacial score (nSPS) is 31.4. The highest BCUT2D eigenvalue weighted by atomic mass is 32.2. The van der Waals surface area contributed by atoms with Gasteiger partial charge in [0.25, 0.3) is 0 Å². The van der Waals surface area contributed by atoms with Gasteiger partial charge in [-0.2, -0.15) is 0 Å². The van der Waals surface area contributed by atoms with Crippen LogP contribution >= 0.6 is 11.8 Å². The molecule has 0 aromatic carbocycles. The first-order chi connectivity index (χ1) is 9.39. The van der Waals surface area contributed by atoms with Gasteiger partial charge in [0, 0.05) is 16.6 Å². The molecule has 1 saturated heterocycles. The molecule has 0 bridgehead atoms. The van der Waals surface area contributed by atoms with Gasteiger partial charge in [-0.1, -0.05) is 13.8 Å². The Morgan fingerprint density at radius 2 is 2.15 bits per heavy atom. The third kappa shape index (κ3) is 2.92. The maximum atomic E-state index is 12.6.